The van der Waals surface area contributed by atoms with Crippen molar-refractivity contribution >= 4 is 0 Å². The summed E-state index contributed by atoms with van der Waals surface area (Å²) in [7, 11) is 3.51. The van der Waals surface area contributed by atoms with Crippen LogP contribution >= 0.6 is 0 Å². The number of methoxy groups -OCH3 is 1. The van der Waals surface area contributed by atoms with Gasteiger partial charge in [0.25, 0.3) is 0 Å². The molecule has 0 aromatic carbocycles. The van der Waals surface area contributed by atoms with Gasteiger partial charge in [-0.2, -0.15) is 0 Å². The van der Waals surface area contributed by atoms with Crippen molar-refractivity contribution in [1.82, 2.24) is 14.9 Å². The van der Waals surface area contributed by atoms with Gasteiger partial charge in [-0.1, -0.05) is 0 Å². The highest BCUT2D eigenvalue weighted by Gasteiger charge is 2.10. The minimum atomic E-state index is -0.563. The molecule has 1 rings (SSSR count). The molecule has 0 spiro atoms. The number of aromatic nitrogens is 2. The Bertz CT molecular complexity index is 262. The maximum Gasteiger partial charge on any atom is 0.138 e. The number of nitrogens with zero attached hydrogens (tertiary/aromatic N) is 2. The smallest absolute Gasteiger partial charge is 0.138 e. The van der Waals surface area contributed by atoms with E-state index < -0.39 is 6.10 Å². The molecule has 2 N–H and O–H groups in total. The largest absolute Gasteiger partial charge is 0.384 e. The van der Waals surface area contributed by atoms with Crippen molar-refractivity contribution in [2.75, 3.05) is 26.8 Å². The summed E-state index contributed by atoms with van der Waals surface area (Å²) in [6, 6.07) is 0. The van der Waals surface area contributed by atoms with Gasteiger partial charge in [0.1, 0.15) is 11.9 Å². The third-order valence-corrected chi connectivity index (χ3v) is 1.98. The fourth-order valence-electron chi connectivity index (χ4n) is 1.20. The molecule has 0 aliphatic rings. The maximum absolute atomic E-state index is 9.70. The second-order valence-electron chi connectivity index (χ2n) is 3.11. The molecule has 0 aliphatic carbocycles. The average Bonchev–Trinajstić information content (AvgIpc) is 2.59. The third kappa shape index (κ3) is 3.10. The van der Waals surface area contributed by atoms with E-state index in [9.17, 15) is 5.11 Å². The van der Waals surface area contributed by atoms with Gasteiger partial charge >= 0.3 is 0 Å². The number of imidazole rings is 1. The molecular formula is C9H17N3O2. The molecule has 0 saturated heterocycles. The summed E-state index contributed by atoms with van der Waals surface area (Å²) in [4.78, 5) is 4.06. The molecule has 0 saturated carbocycles. The highest BCUT2D eigenvalue weighted by atomic mass is 16.5. The number of hydrogen-bond acceptors (Lipinski definition) is 4. The maximum atomic E-state index is 9.70. The first-order valence-corrected chi connectivity index (χ1v) is 4.60. The van der Waals surface area contributed by atoms with Crippen LogP contribution in [0.5, 0.6) is 0 Å². The van der Waals surface area contributed by atoms with Crippen LogP contribution in [0.2, 0.25) is 0 Å². The monoisotopic (exact) mass is 199 g/mol. The van der Waals surface area contributed by atoms with E-state index in [1.165, 1.54) is 0 Å². The van der Waals surface area contributed by atoms with Crippen LogP contribution in [0.25, 0.3) is 0 Å². The van der Waals surface area contributed by atoms with Crippen LogP contribution in [0.15, 0.2) is 12.4 Å². The minimum absolute atomic E-state index is 0.494. The van der Waals surface area contributed by atoms with Crippen molar-refractivity contribution in [3.8, 4) is 0 Å². The average molecular weight is 199 g/mol. The highest BCUT2D eigenvalue weighted by Crippen LogP contribution is 2.07. The van der Waals surface area contributed by atoms with E-state index >= 15 is 0 Å². The van der Waals surface area contributed by atoms with Gasteiger partial charge in [-0.15, -0.1) is 0 Å². The molecule has 5 nitrogen and oxygen atoms in total. The van der Waals surface area contributed by atoms with E-state index in [-0.39, 0.29) is 0 Å². The Morgan fingerprint density at radius 3 is 3.07 bits per heavy atom. The van der Waals surface area contributed by atoms with Crippen LogP contribution in [-0.4, -0.2) is 41.5 Å². The van der Waals surface area contributed by atoms with Crippen LogP contribution in [0.1, 0.15) is 11.9 Å². The van der Waals surface area contributed by atoms with Gasteiger partial charge in [0.2, 0.25) is 0 Å². The van der Waals surface area contributed by atoms with Gasteiger partial charge in [0.05, 0.1) is 6.61 Å². The topological polar surface area (TPSA) is 59.3 Å². The second-order valence-corrected chi connectivity index (χ2v) is 3.11. The quantitative estimate of drug-likeness (QED) is 0.617. The lowest BCUT2D eigenvalue weighted by Crippen LogP contribution is -2.26. The Morgan fingerprint density at radius 1 is 1.71 bits per heavy atom. The van der Waals surface area contributed by atoms with Crippen molar-refractivity contribution in [2.45, 2.75) is 6.10 Å². The van der Waals surface area contributed by atoms with E-state index in [0.29, 0.717) is 19.0 Å². The standard InChI is InChI=1S/C9H17N3O2/c1-12-5-3-11-9(12)8(13)7-10-4-6-14-2/h3,5,8,10,13H,4,6-7H2,1-2H3. The molecule has 0 radical (unpaired) electrons. The summed E-state index contributed by atoms with van der Waals surface area (Å²) >= 11 is 0. The zero-order valence-electron chi connectivity index (χ0n) is 8.60. The Kier molecular flexibility index (Phi) is 4.58. The van der Waals surface area contributed by atoms with Gasteiger partial charge in [-0.05, 0) is 0 Å². The highest BCUT2D eigenvalue weighted by molar-refractivity contribution is 4.95. The summed E-state index contributed by atoms with van der Waals surface area (Å²) in [6.07, 6.45) is 2.92. The molecule has 1 unspecified atom stereocenters. The van der Waals surface area contributed by atoms with E-state index in [4.69, 9.17) is 4.74 Å². The van der Waals surface area contributed by atoms with Crippen LogP contribution in [-0.2, 0) is 11.8 Å². The second kappa shape index (κ2) is 5.74. The Labute approximate surface area is 83.7 Å². The zero-order valence-corrected chi connectivity index (χ0v) is 8.60. The third-order valence-electron chi connectivity index (χ3n) is 1.98. The summed E-state index contributed by atoms with van der Waals surface area (Å²) in [5.41, 5.74) is 0. The Hall–Kier alpha value is -0.910. The molecule has 0 fully saturated rings. The number of rotatable bonds is 6. The SMILES string of the molecule is COCCNCC(O)c1nccn1C. The lowest BCUT2D eigenvalue weighted by atomic mass is 10.3. The Balaban J connectivity index is 2.28. The first-order chi connectivity index (χ1) is 6.75. The first-order valence-electron chi connectivity index (χ1n) is 4.60. The van der Waals surface area contributed by atoms with E-state index in [1.807, 2.05) is 17.8 Å². The molecule has 0 aliphatic heterocycles. The van der Waals surface area contributed by atoms with E-state index in [2.05, 4.69) is 10.3 Å². The van der Waals surface area contributed by atoms with E-state index in [1.54, 1.807) is 13.3 Å². The number of ether oxygens (including phenoxy) is 1. The predicted octanol–water partition coefficient (Wildman–Crippen LogP) is -0.311. The predicted molar refractivity (Wildman–Crippen MR) is 52.9 cm³/mol. The number of aliphatic hydroxyl groups excluding tert-OH is 1. The van der Waals surface area contributed by atoms with Gasteiger partial charge in [-0.3, -0.25) is 0 Å². The van der Waals surface area contributed by atoms with Crippen LogP contribution in [0, 0.1) is 0 Å². The van der Waals surface area contributed by atoms with Gasteiger partial charge in [-0.25, -0.2) is 4.98 Å². The molecule has 1 atom stereocenters. The molecule has 1 heterocycles. The summed E-state index contributed by atoms with van der Waals surface area (Å²) < 4.78 is 6.68. The first kappa shape index (κ1) is 11.2. The lowest BCUT2D eigenvalue weighted by molar-refractivity contribution is 0.152. The van der Waals surface area contributed by atoms with Crippen molar-refractivity contribution in [3.63, 3.8) is 0 Å². The summed E-state index contributed by atoms with van der Waals surface area (Å²) in [5, 5.41) is 12.8. The number of nitrogens with one attached hydrogen (secondary N) is 1. The molecule has 14 heavy (non-hydrogen) atoms. The van der Waals surface area contributed by atoms with Crippen LogP contribution in [0.3, 0.4) is 0 Å². The van der Waals surface area contributed by atoms with E-state index in [0.717, 1.165) is 6.54 Å². The normalized spacial score (nSPS) is 13.1. The number of aryl methyl sites for hydroxylation is 1. The molecule has 80 valence electrons. The molecule has 0 amide bonds. The Morgan fingerprint density at radius 2 is 2.50 bits per heavy atom. The number of hydrogen-bond donors (Lipinski definition) is 2. The molecule has 5 heteroatoms. The fourth-order valence-corrected chi connectivity index (χ4v) is 1.20. The van der Waals surface area contributed by atoms with Crippen molar-refractivity contribution < 1.29 is 9.84 Å². The fraction of sp³-hybridized carbons (Fsp3) is 0.667. The summed E-state index contributed by atoms with van der Waals surface area (Å²) in [6.45, 7) is 1.87. The van der Waals surface area contributed by atoms with Crippen molar-refractivity contribution in [2.24, 2.45) is 7.05 Å². The molecular weight excluding hydrogens is 182 g/mol. The van der Waals surface area contributed by atoms with Crippen molar-refractivity contribution in [3.05, 3.63) is 18.2 Å². The van der Waals surface area contributed by atoms with Crippen molar-refractivity contribution in [1.29, 1.82) is 0 Å². The molecule has 1 aromatic heterocycles. The van der Waals surface area contributed by atoms with Crippen LogP contribution < -0.4 is 5.32 Å². The lowest BCUT2D eigenvalue weighted by Gasteiger charge is -2.11. The summed E-state index contributed by atoms with van der Waals surface area (Å²) in [5.74, 6) is 0.676. The van der Waals surface area contributed by atoms with Gasteiger partial charge < -0.3 is 19.7 Å². The molecule has 0 bridgehead atoms. The van der Waals surface area contributed by atoms with Gasteiger partial charge in [0, 0.05) is 39.6 Å². The van der Waals surface area contributed by atoms with Crippen LogP contribution in [0.4, 0.5) is 0 Å². The minimum Gasteiger partial charge on any atom is -0.384 e. The molecule has 1 aromatic rings. The van der Waals surface area contributed by atoms with Gasteiger partial charge in [0.15, 0.2) is 0 Å². The zero-order chi connectivity index (χ0) is 10.4. The number of aliphatic hydroxyl groups is 1.